The van der Waals surface area contributed by atoms with Crippen molar-refractivity contribution >= 4 is 30.2 Å². The number of carbonyl (C=O) groups is 1. The van der Waals surface area contributed by atoms with Crippen LogP contribution >= 0.6 is 24.2 Å². The summed E-state index contributed by atoms with van der Waals surface area (Å²) in [5.41, 5.74) is 1.02. The van der Waals surface area contributed by atoms with Gasteiger partial charge >= 0.3 is 5.97 Å². The molecule has 0 spiro atoms. The number of thiol groups is 1. The molecule has 0 N–H and O–H groups in total. The van der Waals surface area contributed by atoms with Gasteiger partial charge in [0.2, 0.25) is 0 Å². The van der Waals surface area contributed by atoms with Crippen LogP contribution in [-0.4, -0.2) is 11.7 Å². The standard InChI is InChI=1S/C9H9ClO2S/c1-6-2-3-8(7(10)4-6)12-9(11)5-13/h2-4,13H,5H2,1H3. The summed E-state index contributed by atoms with van der Waals surface area (Å²) in [5.74, 6) is 0.0184. The van der Waals surface area contributed by atoms with Gasteiger partial charge in [0.1, 0.15) is 5.75 Å². The Bertz CT molecular complexity index is 325. The minimum Gasteiger partial charge on any atom is -0.424 e. The number of aryl methyl sites for hydroxylation is 1. The van der Waals surface area contributed by atoms with Crippen molar-refractivity contribution in [2.24, 2.45) is 0 Å². The summed E-state index contributed by atoms with van der Waals surface area (Å²) >= 11 is 9.61. The molecule has 0 aliphatic heterocycles. The zero-order valence-corrected chi connectivity index (χ0v) is 8.73. The number of rotatable bonds is 2. The smallest absolute Gasteiger partial charge is 0.321 e. The molecule has 1 aromatic rings. The van der Waals surface area contributed by atoms with E-state index in [0.717, 1.165) is 5.56 Å². The molecule has 0 saturated heterocycles. The SMILES string of the molecule is Cc1ccc(OC(=O)CS)c(Cl)c1. The third-order valence-electron chi connectivity index (χ3n) is 1.44. The van der Waals surface area contributed by atoms with Crippen molar-refractivity contribution in [3.8, 4) is 5.75 Å². The fraction of sp³-hybridized carbons (Fsp3) is 0.222. The Labute approximate surface area is 87.3 Å². The third-order valence-corrected chi connectivity index (χ3v) is 1.99. The monoisotopic (exact) mass is 216 g/mol. The summed E-state index contributed by atoms with van der Waals surface area (Å²) < 4.78 is 4.90. The lowest BCUT2D eigenvalue weighted by atomic mass is 10.2. The van der Waals surface area contributed by atoms with E-state index in [0.29, 0.717) is 10.8 Å². The van der Waals surface area contributed by atoms with E-state index in [2.05, 4.69) is 12.6 Å². The molecular weight excluding hydrogens is 208 g/mol. The lowest BCUT2D eigenvalue weighted by Gasteiger charge is -2.04. The van der Waals surface area contributed by atoms with Crippen LogP contribution in [0.4, 0.5) is 0 Å². The first kappa shape index (κ1) is 10.4. The summed E-state index contributed by atoms with van der Waals surface area (Å²) in [6.45, 7) is 1.91. The van der Waals surface area contributed by atoms with Crippen molar-refractivity contribution < 1.29 is 9.53 Å². The van der Waals surface area contributed by atoms with Crippen LogP contribution in [0.15, 0.2) is 18.2 Å². The Morgan fingerprint density at radius 1 is 1.62 bits per heavy atom. The van der Waals surface area contributed by atoms with Crippen LogP contribution < -0.4 is 4.74 Å². The van der Waals surface area contributed by atoms with E-state index in [-0.39, 0.29) is 5.75 Å². The molecule has 0 fully saturated rings. The molecule has 0 unspecified atom stereocenters. The molecule has 0 aliphatic rings. The van der Waals surface area contributed by atoms with E-state index in [4.69, 9.17) is 16.3 Å². The van der Waals surface area contributed by atoms with E-state index >= 15 is 0 Å². The Morgan fingerprint density at radius 2 is 2.31 bits per heavy atom. The van der Waals surface area contributed by atoms with Crippen LogP contribution in [0.25, 0.3) is 0 Å². The second kappa shape index (κ2) is 4.53. The van der Waals surface area contributed by atoms with Gasteiger partial charge in [0.05, 0.1) is 10.8 Å². The fourth-order valence-electron chi connectivity index (χ4n) is 0.844. The lowest BCUT2D eigenvalue weighted by molar-refractivity contribution is -0.131. The molecule has 13 heavy (non-hydrogen) atoms. The summed E-state index contributed by atoms with van der Waals surface area (Å²) in [5, 5.41) is 0.440. The van der Waals surface area contributed by atoms with Gasteiger partial charge < -0.3 is 4.74 Å². The van der Waals surface area contributed by atoms with Crippen molar-refractivity contribution in [2.45, 2.75) is 6.92 Å². The van der Waals surface area contributed by atoms with Crippen LogP contribution in [0.5, 0.6) is 5.75 Å². The molecule has 0 heterocycles. The molecule has 1 aromatic carbocycles. The molecule has 1 rings (SSSR count). The van der Waals surface area contributed by atoms with E-state index in [9.17, 15) is 4.79 Å². The van der Waals surface area contributed by atoms with E-state index in [1.807, 2.05) is 13.0 Å². The Hall–Kier alpha value is -0.670. The molecule has 0 saturated carbocycles. The van der Waals surface area contributed by atoms with Crippen molar-refractivity contribution in [3.05, 3.63) is 28.8 Å². The molecule has 0 aliphatic carbocycles. The third kappa shape index (κ3) is 2.94. The zero-order chi connectivity index (χ0) is 9.84. The molecule has 70 valence electrons. The minimum absolute atomic E-state index is 0.0458. The van der Waals surface area contributed by atoms with E-state index < -0.39 is 5.97 Å². The van der Waals surface area contributed by atoms with Gasteiger partial charge in [-0.2, -0.15) is 12.6 Å². The maximum Gasteiger partial charge on any atom is 0.321 e. The summed E-state index contributed by atoms with van der Waals surface area (Å²) in [4.78, 5) is 10.9. The molecule has 2 nitrogen and oxygen atoms in total. The Balaban J connectivity index is 2.83. The Kier molecular flexibility index (Phi) is 3.63. The van der Waals surface area contributed by atoms with Crippen LogP contribution in [0.2, 0.25) is 5.02 Å². The van der Waals surface area contributed by atoms with Gasteiger partial charge in [0.25, 0.3) is 0 Å². The summed E-state index contributed by atoms with van der Waals surface area (Å²) in [7, 11) is 0. The van der Waals surface area contributed by atoms with Crippen molar-refractivity contribution in [3.63, 3.8) is 0 Å². The number of ether oxygens (including phenoxy) is 1. The molecule has 0 bridgehead atoms. The van der Waals surface area contributed by atoms with Gasteiger partial charge in [0, 0.05) is 0 Å². The normalized spacial score (nSPS) is 9.77. The topological polar surface area (TPSA) is 26.3 Å². The van der Waals surface area contributed by atoms with Crippen LogP contribution in [-0.2, 0) is 4.79 Å². The highest BCUT2D eigenvalue weighted by molar-refractivity contribution is 7.81. The van der Waals surface area contributed by atoms with Gasteiger partial charge in [0.15, 0.2) is 0 Å². The van der Waals surface area contributed by atoms with Gasteiger partial charge in [-0.1, -0.05) is 17.7 Å². The van der Waals surface area contributed by atoms with E-state index in [1.54, 1.807) is 12.1 Å². The number of hydrogen-bond donors (Lipinski definition) is 1. The molecule has 4 heteroatoms. The van der Waals surface area contributed by atoms with Crippen LogP contribution in [0.1, 0.15) is 5.56 Å². The number of benzene rings is 1. The highest BCUT2D eigenvalue weighted by atomic mass is 35.5. The number of esters is 1. The van der Waals surface area contributed by atoms with Crippen molar-refractivity contribution in [1.29, 1.82) is 0 Å². The second-order valence-electron chi connectivity index (χ2n) is 2.57. The van der Waals surface area contributed by atoms with Crippen LogP contribution in [0.3, 0.4) is 0 Å². The average molecular weight is 217 g/mol. The minimum atomic E-state index is -0.408. The second-order valence-corrected chi connectivity index (χ2v) is 3.29. The van der Waals surface area contributed by atoms with E-state index in [1.165, 1.54) is 0 Å². The summed E-state index contributed by atoms with van der Waals surface area (Å²) in [6, 6.07) is 5.23. The number of halogens is 1. The first-order valence-corrected chi connectivity index (χ1v) is 4.72. The predicted octanol–water partition coefficient (Wildman–Crippen LogP) is 2.48. The number of hydrogen-bond acceptors (Lipinski definition) is 3. The largest absolute Gasteiger partial charge is 0.424 e. The van der Waals surface area contributed by atoms with Crippen LogP contribution in [0, 0.1) is 6.92 Å². The lowest BCUT2D eigenvalue weighted by Crippen LogP contribution is -2.09. The van der Waals surface area contributed by atoms with Gasteiger partial charge in [-0.3, -0.25) is 4.79 Å². The molecule has 0 amide bonds. The highest BCUT2D eigenvalue weighted by Gasteiger charge is 2.05. The maximum absolute atomic E-state index is 10.9. The number of carbonyl (C=O) groups excluding carboxylic acids is 1. The zero-order valence-electron chi connectivity index (χ0n) is 7.08. The molecular formula is C9H9ClO2S. The first-order valence-electron chi connectivity index (χ1n) is 3.71. The average Bonchev–Trinajstić information content (AvgIpc) is 2.09. The summed E-state index contributed by atoms with van der Waals surface area (Å²) in [6.07, 6.45) is 0. The quantitative estimate of drug-likeness (QED) is 0.467. The molecule has 0 aromatic heterocycles. The fourth-order valence-corrected chi connectivity index (χ4v) is 1.18. The van der Waals surface area contributed by atoms with Gasteiger partial charge in [-0.05, 0) is 24.6 Å². The predicted molar refractivity (Wildman–Crippen MR) is 55.7 cm³/mol. The van der Waals surface area contributed by atoms with Crippen molar-refractivity contribution in [2.75, 3.05) is 5.75 Å². The van der Waals surface area contributed by atoms with Gasteiger partial charge in [-0.25, -0.2) is 0 Å². The Morgan fingerprint density at radius 3 is 2.85 bits per heavy atom. The highest BCUT2D eigenvalue weighted by Crippen LogP contribution is 2.25. The molecule has 0 radical (unpaired) electrons. The van der Waals surface area contributed by atoms with Gasteiger partial charge in [-0.15, -0.1) is 0 Å². The maximum atomic E-state index is 10.9. The van der Waals surface area contributed by atoms with Crippen molar-refractivity contribution in [1.82, 2.24) is 0 Å². The molecule has 0 atom stereocenters. The first-order chi connectivity index (χ1) is 6.13.